The van der Waals surface area contributed by atoms with E-state index in [4.69, 9.17) is 22.1 Å². The van der Waals surface area contributed by atoms with Crippen molar-refractivity contribution < 1.29 is 4.74 Å². The Balaban J connectivity index is 1.77. The summed E-state index contributed by atoms with van der Waals surface area (Å²) in [5, 5.41) is 1.96. The van der Waals surface area contributed by atoms with Crippen LogP contribution in [0.3, 0.4) is 0 Å². The van der Waals surface area contributed by atoms with Crippen LogP contribution in [0.4, 0.5) is 5.69 Å². The maximum Gasteiger partial charge on any atom is 0.258 e. The van der Waals surface area contributed by atoms with Crippen molar-refractivity contribution in [1.82, 2.24) is 4.57 Å². The molecule has 0 aliphatic heterocycles. The molecule has 0 bridgehead atoms. The maximum atomic E-state index is 12.4. The molecule has 0 unspecified atom stereocenters. The fraction of sp³-hybridized carbons (Fsp3) is 0.118. The van der Waals surface area contributed by atoms with E-state index in [1.54, 1.807) is 41.1 Å². The smallest absolute Gasteiger partial charge is 0.258 e. The van der Waals surface area contributed by atoms with E-state index in [0.717, 1.165) is 5.39 Å². The van der Waals surface area contributed by atoms with Gasteiger partial charge in [-0.1, -0.05) is 23.7 Å². The Morgan fingerprint density at radius 1 is 1.09 bits per heavy atom. The molecule has 2 aromatic carbocycles. The first-order chi connectivity index (χ1) is 10.6. The molecule has 0 saturated heterocycles. The minimum Gasteiger partial charge on any atom is -0.492 e. The Kier molecular flexibility index (Phi) is 4.02. The van der Waals surface area contributed by atoms with Gasteiger partial charge < -0.3 is 15.0 Å². The van der Waals surface area contributed by atoms with Gasteiger partial charge in [-0.2, -0.15) is 0 Å². The fourth-order valence-corrected chi connectivity index (χ4v) is 2.56. The summed E-state index contributed by atoms with van der Waals surface area (Å²) in [7, 11) is 0. The van der Waals surface area contributed by atoms with Gasteiger partial charge in [-0.05, 0) is 30.3 Å². The average Bonchev–Trinajstić information content (AvgIpc) is 2.50. The predicted octanol–water partition coefficient (Wildman–Crippen LogP) is 3.32. The number of halogens is 1. The number of nitrogens with two attached hydrogens (primary N) is 1. The van der Waals surface area contributed by atoms with Gasteiger partial charge in [-0.15, -0.1) is 0 Å². The zero-order valence-electron chi connectivity index (χ0n) is 11.8. The lowest BCUT2D eigenvalue weighted by Gasteiger charge is -2.10. The van der Waals surface area contributed by atoms with Crippen LogP contribution in [0.25, 0.3) is 10.8 Å². The second-order valence-corrected chi connectivity index (χ2v) is 5.34. The second kappa shape index (κ2) is 6.12. The molecule has 3 rings (SSSR count). The van der Waals surface area contributed by atoms with Crippen molar-refractivity contribution in [3.05, 3.63) is 70.1 Å². The van der Waals surface area contributed by atoms with Gasteiger partial charge in [0.1, 0.15) is 12.4 Å². The minimum absolute atomic E-state index is 0.0730. The predicted molar refractivity (Wildman–Crippen MR) is 89.6 cm³/mol. The second-order valence-electron chi connectivity index (χ2n) is 4.94. The summed E-state index contributed by atoms with van der Waals surface area (Å²) in [6, 6.07) is 14.4. The Morgan fingerprint density at radius 2 is 1.91 bits per heavy atom. The highest BCUT2D eigenvalue weighted by Gasteiger charge is 2.05. The molecule has 5 heteroatoms. The van der Waals surface area contributed by atoms with Crippen molar-refractivity contribution in [1.29, 1.82) is 0 Å². The quantitative estimate of drug-likeness (QED) is 0.752. The summed E-state index contributed by atoms with van der Waals surface area (Å²) in [6.45, 7) is 0.839. The van der Waals surface area contributed by atoms with Gasteiger partial charge in [-0.3, -0.25) is 4.79 Å². The Bertz CT molecular complexity index is 874. The Morgan fingerprint density at radius 3 is 2.73 bits per heavy atom. The molecule has 0 amide bonds. The van der Waals surface area contributed by atoms with E-state index in [9.17, 15) is 4.79 Å². The molecule has 112 valence electrons. The molecule has 0 aliphatic rings. The van der Waals surface area contributed by atoms with Crippen LogP contribution in [0.2, 0.25) is 5.02 Å². The minimum atomic E-state index is -0.0730. The fourth-order valence-electron chi connectivity index (χ4n) is 2.32. The van der Waals surface area contributed by atoms with Crippen LogP contribution >= 0.6 is 11.6 Å². The van der Waals surface area contributed by atoms with Crippen LogP contribution in [-0.4, -0.2) is 11.2 Å². The van der Waals surface area contributed by atoms with Crippen LogP contribution < -0.4 is 16.0 Å². The van der Waals surface area contributed by atoms with Crippen molar-refractivity contribution in [2.24, 2.45) is 0 Å². The lowest BCUT2D eigenvalue weighted by Crippen LogP contribution is -2.22. The number of hydrogen-bond donors (Lipinski definition) is 1. The van der Waals surface area contributed by atoms with Gasteiger partial charge in [0.25, 0.3) is 5.56 Å². The molecule has 0 atom stereocenters. The van der Waals surface area contributed by atoms with E-state index in [1.807, 2.05) is 18.2 Å². The lowest BCUT2D eigenvalue weighted by atomic mass is 10.2. The first-order valence-electron chi connectivity index (χ1n) is 6.91. The molecular formula is C17H15ClN2O2. The molecule has 0 radical (unpaired) electrons. The van der Waals surface area contributed by atoms with Gasteiger partial charge in [0.15, 0.2) is 0 Å². The highest BCUT2D eigenvalue weighted by molar-refractivity contribution is 6.35. The summed E-state index contributed by atoms with van der Waals surface area (Å²) < 4.78 is 7.23. The van der Waals surface area contributed by atoms with Gasteiger partial charge >= 0.3 is 0 Å². The maximum absolute atomic E-state index is 12.4. The molecule has 0 aliphatic carbocycles. The topological polar surface area (TPSA) is 57.2 Å². The summed E-state index contributed by atoms with van der Waals surface area (Å²) in [6.07, 6.45) is 1.74. The third-order valence-electron chi connectivity index (χ3n) is 3.42. The number of nitrogen functional groups attached to an aromatic ring is 1. The highest BCUT2D eigenvalue weighted by Crippen LogP contribution is 2.20. The summed E-state index contributed by atoms with van der Waals surface area (Å²) >= 11 is 6.10. The number of aromatic nitrogens is 1. The standard InChI is InChI=1S/C17H15ClN2O2/c18-16-6-2-5-15-14(16)7-8-20(17(15)21)9-10-22-13-4-1-3-12(19)11-13/h1-8,11H,9-10,19H2. The van der Waals surface area contributed by atoms with Crippen molar-refractivity contribution in [3.63, 3.8) is 0 Å². The Hall–Kier alpha value is -2.46. The molecule has 22 heavy (non-hydrogen) atoms. The monoisotopic (exact) mass is 314 g/mol. The van der Waals surface area contributed by atoms with Crippen molar-refractivity contribution in [3.8, 4) is 5.75 Å². The SMILES string of the molecule is Nc1cccc(OCCn2ccc3c(Cl)cccc3c2=O)c1. The summed E-state index contributed by atoms with van der Waals surface area (Å²) in [5.74, 6) is 0.692. The molecule has 0 spiro atoms. The van der Waals surface area contributed by atoms with E-state index in [-0.39, 0.29) is 5.56 Å². The molecule has 0 fully saturated rings. The van der Waals surface area contributed by atoms with Crippen molar-refractivity contribution >= 4 is 28.1 Å². The number of ether oxygens (including phenoxy) is 1. The van der Waals surface area contributed by atoms with Gasteiger partial charge in [0.2, 0.25) is 0 Å². The van der Waals surface area contributed by atoms with E-state index < -0.39 is 0 Å². The first-order valence-corrected chi connectivity index (χ1v) is 7.29. The van der Waals surface area contributed by atoms with E-state index >= 15 is 0 Å². The number of hydrogen-bond acceptors (Lipinski definition) is 3. The number of benzene rings is 2. The van der Waals surface area contributed by atoms with Crippen molar-refractivity contribution in [2.45, 2.75) is 6.54 Å². The van der Waals surface area contributed by atoms with Crippen LogP contribution in [0.1, 0.15) is 0 Å². The van der Waals surface area contributed by atoms with Crippen LogP contribution in [-0.2, 0) is 6.54 Å². The number of rotatable bonds is 4. The van der Waals surface area contributed by atoms with Crippen LogP contribution in [0.15, 0.2) is 59.5 Å². The van der Waals surface area contributed by atoms with Crippen LogP contribution in [0.5, 0.6) is 5.75 Å². The van der Waals surface area contributed by atoms with E-state index in [1.165, 1.54) is 0 Å². The van der Waals surface area contributed by atoms with E-state index in [0.29, 0.717) is 35.0 Å². The molecule has 1 heterocycles. The lowest BCUT2D eigenvalue weighted by molar-refractivity contribution is 0.297. The largest absolute Gasteiger partial charge is 0.492 e. The summed E-state index contributed by atoms with van der Waals surface area (Å²) in [5.41, 5.74) is 6.27. The third kappa shape index (κ3) is 2.92. The zero-order chi connectivity index (χ0) is 15.5. The normalized spacial score (nSPS) is 10.8. The molecular weight excluding hydrogens is 300 g/mol. The molecule has 0 saturated carbocycles. The zero-order valence-corrected chi connectivity index (χ0v) is 12.6. The van der Waals surface area contributed by atoms with Crippen LogP contribution in [0, 0.1) is 0 Å². The summed E-state index contributed by atoms with van der Waals surface area (Å²) in [4.78, 5) is 12.4. The Labute approximate surface area is 132 Å². The molecule has 4 nitrogen and oxygen atoms in total. The van der Waals surface area contributed by atoms with E-state index in [2.05, 4.69) is 0 Å². The van der Waals surface area contributed by atoms with Gasteiger partial charge in [-0.25, -0.2) is 0 Å². The highest BCUT2D eigenvalue weighted by atomic mass is 35.5. The third-order valence-corrected chi connectivity index (χ3v) is 3.75. The molecule has 1 aromatic heterocycles. The molecule has 3 aromatic rings. The van der Waals surface area contributed by atoms with Gasteiger partial charge in [0.05, 0.1) is 6.54 Å². The number of fused-ring (bicyclic) bond motifs is 1. The number of anilines is 1. The van der Waals surface area contributed by atoms with Crippen molar-refractivity contribution in [2.75, 3.05) is 12.3 Å². The van der Waals surface area contributed by atoms with Gasteiger partial charge in [0, 0.05) is 33.7 Å². The number of nitrogens with zero attached hydrogens (tertiary/aromatic N) is 1. The first kappa shape index (κ1) is 14.5. The average molecular weight is 315 g/mol. The number of pyridine rings is 1. The molecule has 2 N–H and O–H groups in total.